The average molecular weight is 340 g/mol. The number of carbonyl (C=O) groups is 1. The van der Waals surface area contributed by atoms with Crippen LogP contribution in [0.1, 0.15) is 10.7 Å². The van der Waals surface area contributed by atoms with Gasteiger partial charge in [0.05, 0.1) is 11.0 Å². The largest absolute Gasteiger partial charge is 0.449 e. The van der Waals surface area contributed by atoms with Gasteiger partial charge in [0.1, 0.15) is 6.54 Å². The van der Waals surface area contributed by atoms with Gasteiger partial charge < -0.3 is 9.88 Å². The number of thiazole rings is 1. The molecule has 2 aromatic heterocycles. The van der Waals surface area contributed by atoms with Gasteiger partial charge in [0.15, 0.2) is 5.13 Å². The maximum atomic E-state index is 13.1. The third-order valence-corrected chi connectivity index (χ3v) is 3.91. The van der Waals surface area contributed by atoms with E-state index in [0.717, 1.165) is 9.44 Å². The van der Waals surface area contributed by atoms with Gasteiger partial charge in [-0.1, -0.05) is 12.1 Å². The Morgan fingerprint density at radius 2 is 2.09 bits per heavy atom. The molecule has 5 nitrogen and oxygen atoms in total. The molecule has 0 atom stereocenters. The van der Waals surface area contributed by atoms with E-state index in [9.17, 15) is 18.0 Å². The van der Waals surface area contributed by atoms with Crippen molar-refractivity contribution in [2.24, 2.45) is 0 Å². The summed E-state index contributed by atoms with van der Waals surface area (Å²) in [6.45, 7) is 1.33. The molecule has 23 heavy (non-hydrogen) atoms. The standard InChI is InChI=1S/C14H11F3N4OS/c1-8-6-18-13(23-8)20-11(22)7-21-10-5-3-2-4-9(10)19-12(21)14(15,16)17/h2-6H,7H2,1H3,(H,18,20,22). The highest BCUT2D eigenvalue weighted by Gasteiger charge is 2.38. The number of hydrogen-bond acceptors (Lipinski definition) is 4. The molecular formula is C14H11F3N4OS. The topological polar surface area (TPSA) is 59.8 Å². The lowest BCUT2D eigenvalue weighted by molar-refractivity contribution is -0.147. The number of hydrogen-bond donors (Lipinski definition) is 1. The molecule has 0 fully saturated rings. The van der Waals surface area contributed by atoms with E-state index in [4.69, 9.17) is 0 Å². The molecular weight excluding hydrogens is 329 g/mol. The van der Waals surface area contributed by atoms with Crippen LogP contribution in [-0.2, 0) is 17.5 Å². The van der Waals surface area contributed by atoms with Gasteiger partial charge in [0.2, 0.25) is 11.7 Å². The predicted octanol–water partition coefficient (Wildman–Crippen LogP) is 3.46. The minimum atomic E-state index is -4.64. The third-order valence-electron chi connectivity index (χ3n) is 3.08. The zero-order valence-corrected chi connectivity index (χ0v) is 12.7. The number of anilines is 1. The van der Waals surface area contributed by atoms with Crippen molar-refractivity contribution in [2.45, 2.75) is 19.6 Å². The molecule has 0 aliphatic carbocycles. The molecule has 0 saturated carbocycles. The zero-order chi connectivity index (χ0) is 16.6. The quantitative estimate of drug-likeness (QED) is 0.794. The second kappa shape index (κ2) is 5.65. The molecule has 0 radical (unpaired) electrons. The number of nitrogens with zero attached hydrogens (tertiary/aromatic N) is 3. The molecule has 120 valence electrons. The van der Waals surface area contributed by atoms with Gasteiger partial charge in [-0.15, -0.1) is 11.3 Å². The fraction of sp³-hybridized carbons (Fsp3) is 0.214. The van der Waals surface area contributed by atoms with Crippen LogP contribution in [0, 0.1) is 6.92 Å². The predicted molar refractivity (Wildman–Crippen MR) is 80.2 cm³/mol. The first-order valence-electron chi connectivity index (χ1n) is 6.59. The Morgan fingerprint density at radius 3 is 2.74 bits per heavy atom. The van der Waals surface area contributed by atoms with Crippen LogP contribution in [0.4, 0.5) is 18.3 Å². The van der Waals surface area contributed by atoms with E-state index in [-0.39, 0.29) is 11.0 Å². The van der Waals surface area contributed by atoms with Gasteiger partial charge in [0, 0.05) is 11.1 Å². The lowest BCUT2D eigenvalue weighted by Crippen LogP contribution is -2.23. The molecule has 3 rings (SSSR count). The Kier molecular flexibility index (Phi) is 3.80. The first-order chi connectivity index (χ1) is 10.8. The lowest BCUT2D eigenvalue weighted by Gasteiger charge is -2.10. The van der Waals surface area contributed by atoms with Crippen LogP contribution >= 0.6 is 11.3 Å². The van der Waals surface area contributed by atoms with E-state index < -0.39 is 24.5 Å². The highest BCUT2D eigenvalue weighted by atomic mass is 32.1. The summed E-state index contributed by atoms with van der Waals surface area (Å²) < 4.78 is 40.3. The fourth-order valence-electron chi connectivity index (χ4n) is 2.17. The van der Waals surface area contributed by atoms with E-state index in [1.54, 1.807) is 18.3 Å². The molecule has 0 spiro atoms. The summed E-state index contributed by atoms with van der Waals surface area (Å²) in [4.78, 5) is 20.5. The number of benzene rings is 1. The summed E-state index contributed by atoms with van der Waals surface area (Å²) in [5.74, 6) is -1.68. The number of alkyl halides is 3. The van der Waals surface area contributed by atoms with Crippen molar-refractivity contribution in [1.82, 2.24) is 14.5 Å². The van der Waals surface area contributed by atoms with Gasteiger partial charge in [0.25, 0.3) is 0 Å². The number of amides is 1. The zero-order valence-electron chi connectivity index (χ0n) is 11.9. The monoisotopic (exact) mass is 340 g/mol. The second-order valence-electron chi connectivity index (χ2n) is 4.83. The van der Waals surface area contributed by atoms with E-state index in [1.165, 1.54) is 23.5 Å². The maximum Gasteiger partial charge on any atom is 0.449 e. The van der Waals surface area contributed by atoms with Gasteiger partial charge in [-0.25, -0.2) is 9.97 Å². The number of carbonyl (C=O) groups excluding carboxylic acids is 1. The van der Waals surface area contributed by atoms with E-state index >= 15 is 0 Å². The molecule has 0 bridgehead atoms. The summed E-state index contributed by atoms with van der Waals surface area (Å²) in [5.41, 5.74) is 0.447. The number of para-hydroxylation sites is 2. The number of imidazole rings is 1. The number of aromatic nitrogens is 3. The van der Waals surface area contributed by atoms with Gasteiger partial charge in [-0.3, -0.25) is 4.79 Å². The molecule has 2 heterocycles. The van der Waals surface area contributed by atoms with Gasteiger partial charge >= 0.3 is 6.18 Å². The molecule has 0 unspecified atom stereocenters. The summed E-state index contributed by atoms with van der Waals surface area (Å²) in [6.07, 6.45) is -3.06. The molecule has 9 heteroatoms. The SMILES string of the molecule is Cc1cnc(NC(=O)Cn2c(C(F)(F)F)nc3ccccc32)s1. The van der Waals surface area contributed by atoms with Crippen molar-refractivity contribution < 1.29 is 18.0 Å². The summed E-state index contributed by atoms with van der Waals surface area (Å²) in [6, 6.07) is 6.17. The summed E-state index contributed by atoms with van der Waals surface area (Å²) in [7, 11) is 0. The van der Waals surface area contributed by atoms with Crippen molar-refractivity contribution >= 4 is 33.4 Å². The molecule has 1 aromatic carbocycles. The van der Waals surface area contributed by atoms with E-state index in [2.05, 4.69) is 15.3 Å². The van der Waals surface area contributed by atoms with Crippen molar-refractivity contribution in [1.29, 1.82) is 0 Å². The van der Waals surface area contributed by atoms with Crippen molar-refractivity contribution in [2.75, 3.05) is 5.32 Å². The van der Waals surface area contributed by atoms with Crippen molar-refractivity contribution in [3.63, 3.8) is 0 Å². The Morgan fingerprint density at radius 1 is 1.35 bits per heavy atom. The number of halogens is 3. The average Bonchev–Trinajstić information content (AvgIpc) is 3.03. The summed E-state index contributed by atoms with van der Waals surface area (Å²) >= 11 is 1.25. The number of nitrogens with one attached hydrogen (secondary N) is 1. The van der Waals surface area contributed by atoms with Gasteiger partial charge in [-0.05, 0) is 19.1 Å². The van der Waals surface area contributed by atoms with Crippen LogP contribution in [-0.4, -0.2) is 20.4 Å². The second-order valence-corrected chi connectivity index (χ2v) is 6.07. The first kappa shape index (κ1) is 15.5. The lowest BCUT2D eigenvalue weighted by atomic mass is 10.3. The molecule has 1 amide bonds. The fourth-order valence-corrected chi connectivity index (χ4v) is 2.85. The van der Waals surface area contributed by atoms with Crippen LogP contribution in [0.15, 0.2) is 30.5 Å². The van der Waals surface area contributed by atoms with Gasteiger partial charge in [-0.2, -0.15) is 13.2 Å². The highest BCUT2D eigenvalue weighted by molar-refractivity contribution is 7.15. The Labute approximate surface area is 132 Å². The van der Waals surface area contributed by atoms with Crippen LogP contribution in [0.25, 0.3) is 11.0 Å². The third kappa shape index (κ3) is 3.19. The minimum Gasteiger partial charge on any atom is -0.311 e. The smallest absolute Gasteiger partial charge is 0.311 e. The highest BCUT2D eigenvalue weighted by Crippen LogP contribution is 2.31. The van der Waals surface area contributed by atoms with Crippen LogP contribution < -0.4 is 5.32 Å². The number of aryl methyl sites for hydroxylation is 1. The molecule has 3 aromatic rings. The first-order valence-corrected chi connectivity index (χ1v) is 7.41. The van der Waals surface area contributed by atoms with E-state index in [0.29, 0.717) is 5.13 Å². The Bertz CT molecular complexity index is 868. The molecule has 1 N–H and O–H groups in total. The molecule has 0 aliphatic rings. The van der Waals surface area contributed by atoms with Crippen LogP contribution in [0.5, 0.6) is 0 Å². The Balaban J connectivity index is 1.93. The minimum absolute atomic E-state index is 0.192. The normalized spacial score (nSPS) is 11.8. The molecule has 0 aliphatic heterocycles. The van der Waals surface area contributed by atoms with Crippen molar-refractivity contribution in [3.8, 4) is 0 Å². The molecule has 0 saturated heterocycles. The number of fused-ring (bicyclic) bond motifs is 1. The summed E-state index contributed by atoms with van der Waals surface area (Å²) in [5, 5.41) is 2.85. The number of rotatable bonds is 3. The Hall–Kier alpha value is -2.42. The van der Waals surface area contributed by atoms with Crippen LogP contribution in [0.3, 0.4) is 0 Å². The van der Waals surface area contributed by atoms with E-state index in [1.807, 2.05) is 6.92 Å². The van der Waals surface area contributed by atoms with Crippen LogP contribution in [0.2, 0.25) is 0 Å². The van der Waals surface area contributed by atoms with Crippen molar-refractivity contribution in [3.05, 3.63) is 41.2 Å². The maximum absolute atomic E-state index is 13.1.